The number of esters is 2. The summed E-state index contributed by atoms with van der Waals surface area (Å²) in [6, 6.07) is 12.2. The summed E-state index contributed by atoms with van der Waals surface area (Å²) in [4.78, 5) is 24.1. The van der Waals surface area contributed by atoms with Gasteiger partial charge in [-0.2, -0.15) is 0 Å². The SMILES string of the molecule is COC(=O)c1ccc(CBr)c(OC(=O)c2ccc(C(C)(C)C)cc2)c1. The van der Waals surface area contributed by atoms with Crippen molar-refractivity contribution in [3.8, 4) is 5.75 Å². The molecule has 0 saturated heterocycles. The fourth-order valence-corrected chi connectivity index (χ4v) is 2.73. The van der Waals surface area contributed by atoms with Crippen LogP contribution in [-0.4, -0.2) is 19.0 Å². The van der Waals surface area contributed by atoms with Crippen molar-refractivity contribution in [2.45, 2.75) is 31.5 Å². The second-order valence-corrected chi connectivity index (χ2v) is 7.23. The van der Waals surface area contributed by atoms with Gasteiger partial charge in [-0.25, -0.2) is 9.59 Å². The first-order chi connectivity index (χ1) is 11.8. The van der Waals surface area contributed by atoms with Crippen LogP contribution in [0.1, 0.15) is 52.6 Å². The highest BCUT2D eigenvalue weighted by Crippen LogP contribution is 2.26. The number of carbonyl (C=O) groups excluding carboxylic acids is 2. The molecule has 0 unspecified atom stereocenters. The normalized spacial score (nSPS) is 11.1. The van der Waals surface area contributed by atoms with Crippen LogP contribution < -0.4 is 4.74 Å². The molecule has 4 nitrogen and oxygen atoms in total. The second kappa shape index (κ2) is 7.83. The average Bonchev–Trinajstić information content (AvgIpc) is 2.60. The maximum atomic E-state index is 12.4. The van der Waals surface area contributed by atoms with E-state index in [0.29, 0.717) is 22.2 Å². The van der Waals surface area contributed by atoms with Crippen LogP contribution in [0.25, 0.3) is 0 Å². The van der Waals surface area contributed by atoms with E-state index in [9.17, 15) is 9.59 Å². The number of halogens is 1. The van der Waals surface area contributed by atoms with Crippen LogP contribution in [0, 0.1) is 0 Å². The summed E-state index contributed by atoms with van der Waals surface area (Å²) in [5.41, 5.74) is 2.71. The highest BCUT2D eigenvalue weighted by Gasteiger charge is 2.17. The van der Waals surface area contributed by atoms with Gasteiger partial charge in [-0.15, -0.1) is 0 Å². The van der Waals surface area contributed by atoms with Crippen LogP contribution in [0.5, 0.6) is 5.75 Å². The molecule has 0 radical (unpaired) electrons. The van der Waals surface area contributed by atoms with Gasteiger partial charge in [0.25, 0.3) is 0 Å². The molecule has 0 N–H and O–H groups in total. The number of hydrogen-bond donors (Lipinski definition) is 0. The summed E-state index contributed by atoms with van der Waals surface area (Å²) < 4.78 is 10.2. The van der Waals surface area contributed by atoms with Crippen molar-refractivity contribution >= 4 is 27.9 Å². The fraction of sp³-hybridized carbons (Fsp3) is 0.300. The zero-order valence-corrected chi connectivity index (χ0v) is 16.3. The highest BCUT2D eigenvalue weighted by molar-refractivity contribution is 9.08. The van der Waals surface area contributed by atoms with Gasteiger partial charge in [-0.1, -0.05) is 54.9 Å². The maximum absolute atomic E-state index is 12.4. The van der Waals surface area contributed by atoms with E-state index in [1.807, 2.05) is 12.1 Å². The van der Waals surface area contributed by atoms with E-state index < -0.39 is 11.9 Å². The standard InChI is InChI=1S/C20H21BrO4/c1-20(2,3)16-9-7-13(8-10-16)19(23)25-17-11-14(18(22)24-4)5-6-15(17)12-21/h5-11H,12H2,1-4H3. The Kier molecular flexibility index (Phi) is 6.01. The zero-order valence-electron chi connectivity index (χ0n) is 14.8. The molecule has 2 rings (SSSR count). The van der Waals surface area contributed by atoms with Crippen molar-refractivity contribution in [2.75, 3.05) is 7.11 Å². The lowest BCUT2D eigenvalue weighted by Crippen LogP contribution is -2.13. The lowest BCUT2D eigenvalue weighted by atomic mass is 9.87. The molecule has 0 aromatic heterocycles. The number of rotatable bonds is 4. The number of ether oxygens (including phenoxy) is 2. The topological polar surface area (TPSA) is 52.6 Å². The first-order valence-electron chi connectivity index (χ1n) is 7.86. The van der Waals surface area contributed by atoms with Gasteiger partial charge < -0.3 is 9.47 Å². The van der Waals surface area contributed by atoms with E-state index in [2.05, 4.69) is 36.7 Å². The first-order valence-corrected chi connectivity index (χ1v) is 8.98. The largest absolute Gasteiger partial charge is 0.465 e. The summed E-state index contributed by atoms with van der Waals surface area (Å²) in [5, 5.41) is 0.500. The van der Waals surface area contributed by atoms with Crippen LogP contribution in [0.15, 0.2) is 42.5 Å². The lowest BCUT2D eigenvalue weighted by Gasteiger charge is -2.19. The highest BCUT2D eigenvalue weighted by atomic mass is 79.9. The van der Waals surface area contributed by atoms with Crippen molar-refractivity contribution in [2.24, 2.45) is 0 Å². The minimum absolute atomic E-state index is 0.0143. The molecule has 25 heavy (non-hydrogen) atoms. The maximum Gasteiger partial charge on any atom is 0.343 e. The molecule has 0 aliphatic heterocycles. The predicted octanol–water partition coefficient (Wildman–Crippen LogP) is 4.88. The number of alkyl halides is 1. The molecule has 0 aliphatic rings. The average molecular weight is 405 g/mol. The Labute approximate surface area is 156 Å². The van der Waals surface area contributed by atoms with E-state index in [-0.39, 0.29) is 5.41 Å². The summed E-state index contributed by atoms with van der Waals surface area (Å²) in [7, 11) is 1.31. The minimum atomic E-state index is -0.479. The predicted molar refractivity (Wildman–Crippen MR) is 101 cm³/mol. The van der Waals surface area contributed by atoms with Gasteiger partial charge in [0.1, 0.15) is 5.75 Å². The molecule has 0 atom stereocenters. The quantitative estimate of drug-likeness (QED) is 0.413. The second-order valence-electron chi connectivity index (χ2n) is 6.66. The molecule has 0 saturated carbocycles. The Balaban J connectivity index is 2.26. The third kappa shape index (κ3) is 4.69. The molecule has 0 aliphatic carbocycles. The van der Waals surface area contributed by atoms with E-state index in [0.717, 1.165) is 11.1 Å². The van der Waals surface area contributed by atoms with Gasteiger partial charge >= 0.3 is 11.9 Å². The first kappa shape index (κ1) is 19.2. The van der Waals surface area contributed by atoms with Gasteiger partial charge in [-0.05, 0) is 35.2 Å². The Morgan fingerprint density at radius 3 is 2.08 bits per heavy atom. The van der Waals surface area contributed by atoms with Gasteiger partial charge in [0.2, 0.25) is 0 Å². The Morgan fingerprint density at radius 2 is 1.56 bits per heavy atom. The van der Waals surface area contributed by atoms with Crippen molar-refractivity contribution in [3.63, 3.8) is 0 Å². The van der Waals surface area contributed by atoms with Gasteiger partial charge in [0, 0.05) is 10.9 Å². The van der Waals surface area contributed by atoms with Crippen LogP contribution in [-0.2, 0) is 15.5 Å². The fourth-order valence-electron chi connectivity index (χ4n) is 2.27. The van der Waals surface area contributed by atoms with Gasteiger partial charge in [0.05, 0.1) is 18.2 Å². The van der Waals surface area contributed by atoms with Crippen molar-refractivity contribution < 1.29 is 19.1 Å². The van der Waals surface area contributed by atoms with Crippen molar-refractivity contribution in [1.29, 1.82) is 0 Å². The molecule has 0 spiro atoms. The molecule has 0 fully saturated rings. The Bertz CT molecular complexity index is 773. The molecule has 0 amide bonds. The minimum Gasteiger partial charge on any atom is -0.465 e. The summed E-state index contributed by atoms with van der Waals surface area (Å²) in [6.45, 7) is 6.34. The Morgan fingerprint density at radius 1 is 0.960 bits per heavy atom. The number of hydrogen-bond acceptors (Lipinski definition) is 4. The molecular formula is C20H21BrO4. The third-order valence-corrected chi connectivity index (χ3v) is 4.43. The molecule has 2 aromatic carbocycles. The van der Waals surface area contributed by atoms with Crippen molar-refractivity contribution in [1.82, 2.24) is 0 Å². The van der Waals surface area contributed by atoms with Gasteiger partial charge in [0.15, 0.2) is 0 Å². The molecule has 5 heteroatoms. The number of carbonyl (C=O) groups is 2. The summed E-state index contributed by atoms with van der Waals surface area (Å²) in [5.74, 6) is -0.609. The monoisotopic (exact) mass is 404 g/mol. The molecule has 0 bridgehead atoms. The van der Waals surface area contributed by atoms with Crippen LogP contribution >= 0.6 is 15.9 Å². The molecule has 0 heterocycles. The number of methoxy groups -OCH3 is 1. The lowest BCUT2D eigenvalue weighted by molar-refractivity contribution is 0.0597. The third-order valence-electron chi connectivity index (χ3n) is 3.82. The van der Waals surface area contributed by atoms with Crippen LogP contribution in [0.3, 0.4) is 0 Å². The zero-order chi connectivity index (χ0) is 18.6. The molecule has 2 aromatic rings. The summed E-state index contributed by atoms with van der Waals surface area (Å²) >= 11 is 3.36. The smallest absolute Gasteiger partial charge is 0.343 e. The van der Waals surface area contributed by atoms with Crippen molar-refractivity contribution in [3.05, 3.63) is 64.7 Å². The molecule has 132 valence electrons. The van der Waals surface area contributed by atoms with Gasteiger partial charge in [-0.3, -0.25) is 0 Å². The van der Waals surface area contributed by atoms with E-state index in [4.69, 9.17) is 9.47 Å². The van der Waals surface area contributed by atoms with Crippen LogP contribution in [0.2, 0.25) is 0 Å². The van der Waals surface area contributed by atoms with E-state index in [1.54, 1.807) is 24.3 Å². The Hall–Kier alpha value is -2.14. The summed E-state index contributed by atoms with van der Waals surface area (Å²) in [6.07, 6.45) is 0. The van der Waals surface area contributed by atoms with E-state index in [1.165, 1.54) is 13.2 Å². The molecular weight excluding hydrogens is 384 g/mol. The number of benzene rings is 2. The van der Waals surface area contributed by atoms with E-state index >= 15 is 0 Å². The van der Waals surface area contributed by atoms with Crippen LogP contribution in [0.4, 0.5) is 0 Å².